The first-order valence-electron chi connectivity index (χ1n) is 5.97. The van der Waals surface area contributed by atoms with Crippen molar-refractivity contribution in [3.05, 3.63) is 41.7 Å². The van der Waals surface area contributed by atoms with Crippen molar-refractivity contribution in [2.24, 2.45) is 0 Å². The van der Waals surface area contributed by atoms with Gasteiger partial charge in [0.2, 0.25) is 5.95 Å². The standard InChI is InChI=1S/C14H15N3O3/c1-9-8-12(13(18)20-3)17-14(15-9)16-10-4-6-11(19-2)7-5-10/h4-8H,1-3H3,(H,15,16,17). The lowest BCUT2D eigenvalue weighted by atomic mass is 10.3. The molecule has 0 aliphatic rings. The molecule has 0 bridgehead atoms. The van der Waals surface area contributed by atoms with Crippen LogP contribution in [0.3, 0.4) is 0 Å². The van der Waals surface area contributed by atoms with Crippen LogP contribution in [0.2, 0.25) is 0 Å². The molecule has 20 heavy (non-hydrogen) atoms. The van der Waals surface area contributed by atoms with Crippen molar-refractivity contribution in [2.75, 3.05) is 19.5 Å². The minimum Gasteiger partial charge on any atom is -0.497 e. The summed E-state index contributed by atoms with van der Waals surface area (Å²) in [6, 6.07) is 8.88. The number of aromatic nitrogens is 2. The third-order valence-corrected chi connectivity index (χ3v) is 2.59. The van der Waals surface area contributed by atoms with E-state index in [4.69, 9.17) is 4.74 Å². The summed E-state index contributed by atoms with van der Waals surface area (Å²) in [5.41, 5.74) is 1.69. The van der Waals surface area contributed by atoms with Crippen LogP contribution in [-0.4, -0.2) is 30.2 Å². The molecule has 0 amide bonds. The average Bonchev–Trinajstić information content (AvgIpc) is 2.46. The number of carbonyl (C=O) groups excluding carboxylic acids is 1. The smallest absolute Gasteiger partial charge is 0.356 e. The first kappa shape index (κ1) is 13.8. The summed E-state index contributed by atoms with van der Waals surface area (Å²) in [7, 11) is 2.92. The largest absolute Gasteiger partial charge is 0.497 e. The molecule has 0 aliphatic heterocycles. The molecule has 0 aliphatic carbocycles. The molecule has 1 N–H and O–H groups in total. The molecule has 0 fully saturated rings. The number of methoxy groups -OCH3 is 2. The van der Waals surface area contributed by atoms with Crippen LogP contribution in [0, 0.1) is 6.92 Å². The van der Waals surface area contributed by atoms with E-state index in [-0.39, 0.29) is 5.69 Å². The van der Waals surface area contributed by atoms with Gasteiger partial charge in [0.05, 0.1) is 14.2 Å². The fraction of sp³-hybridized carbons (Fsp3) is 0.214. The van der Waals surface area contributed by atoms with Gasteiger partial charge in [-0.2, -0.15) is 0 Å². The molecule has 2 rings (SSSR count). The van der Waals surface area contributed by atoms with Gasteiger partial charge in [0.15, 0.2) is 5.69 Å². The minimum atomic E-state index is -0.492. The maximum Gasteiger partial charge on any atom is 0.356 e. The summed E-state index contributed by atoms with van der Waals surface area (Å²) in [6.45, 7) is 1.79. The molecule has 0 saturated heterocycles. The third kappa shape index (κ3) is 3.23. The lowest BCUT2D eigenvalue weighted by Crippen LogP contribution is -2.08. The summed E-state index contributed by atoms with van der Waals surface area (Å²) in [6.07, 6.45) is 0. The molecule has 6 heteroatoms. The van der Waals surface area contributed by atoms with E-state index in [9.17, 15) is 4.79 Å². The van der Waals surface area contributed by atoms with Gasteiger partial charge in [-0.1, -0.05) is 0 Å². The summed E-state index contributed by atoms with van der Waals surface area (Å²) in [5.74, 6) is 0.611. The summed E-state index contributed by atoms with van der Waals surface area (Å²) in [5, 5.41) is 3.03. The van der Waals surface area contributed by atoms with Crippen molar-refractivity contribution >= 4 is 17.6 Å². The Balaban J connectivity index is 2.23. The first-order chi connectivity index (χ1) is 9.62. The van der Waals surface area contributed by atoms with Crippen molar-refractivity contribution in [2.45, 2.75) is 6.92 Å². The Kier molecular flexibility index (Phi) is 4.14. The van der Waals surface area contributed by atoms with Crippen LogP contribution >= 0.6 is 0 Å². The highest BCUT2D eigenvalue weighted by atomic mass is 16.5. The Bertz CT molecular complexity index is 612. The molecule has 1 heterocycles. The van der Waals surface area contributed by atoms with Gasteiger partial charge in [0.25, 0.3) is 0 Å². The van der Waals surface area contributed by atoms with E-state index in [0.29, 0.717) is 11.6 Å². The van der Waals surface area contributed by atoms with E-state index < -0.39 is 5.97 Å². The first-order valence-corrected chi connectivity index (χ1v) is 5.97. The fourth-order valence-corrected chi connectivity index (χ4v) is 1.64. The molecule has 0 unspecified atom stereocenters. The Morgan fingerprint density at radius 2 is 1.85 bits per heavy atom. The molecule has 0 saturated carbocycles. The number of hydrogen-bond acceptors (Lipinski definition) is 6. The minimum absolute atomic E-state index is 0.219. The number of nitrogens with zero attached hydrogens (tertiary/aromatic N) is 2. The van der Waals surface area contributed by atoms with Gasteiger partial charge < -0.3 is 14.8 Å². The Morgan fingerprint density at radius 3 is 2.45 bits per heavy atom. The van der Waals surface area contributed by atoms with E-state index in [1.54, 1.807) is 20.1 Å². The summed E-state index contributed by atoms with van der Waals surface area (Å²) < 4.78 is 9.74. The molecule has 2 aromatic rings. The quantitative estimate of drug-likeness (QED) is 0.862. The highest BCUT2D eigenvalue weighted by Gasteiger charge is 2.10. The van der Waals surface area contributed by atoms with Crippen molar-refractivity contribution in [1.82, 2.24) is 9.97 Å². The second-order valence-corrected chi connectivity index (χ2v) is 4.06. The number of nitrogens with one attached hydrogen (secondary N) is 1. The van der Waals surface area contributed by atoms with Crippen LogP contribution in [0.4, 0.5) is 11.6 Å². The number of rotatable bonds is 4. The third-order valence-electron chi connectivity index (χ3n) is 2.59. The highest BCUT2D eigenvalue weighted by Crippen LogP contribution is 2.18. The van der Waals surface area contributed by atoms with Gasteiger partial charge in [0, 0.05) is 11.4 Å². The van der Waals surface area contributed by atoms with E-state index >= 15 is 0 Å². The van der Waals surface area contributed by atoms with Gasteiger partial charge in [-0.15, -0.1) is 0 Å². The maximum atomic E-state index is 11.5. The zero-order valence-corrected chi connectivity index (χ0v) is 11.5. The Morgan fingerprint density at radius 1 is 1.15 bits per heavy atom. The SMILES string of the molecule is COC(=O)c1cc(C)nc(Nc2ccc(OC)cc2)n1. The molecular formula is C14H15N3O3. The lowest BCUT2D eigenvalue weighted by molar-refractivity contribution is 0.0594. The second kappa shape index (κ2) is 6.01. The highest BCUT2D eigenvalue weighted by molar-refractivity contribution is 5.87. The van der Waals surface area contributed by atoms with Crippen LogP contribution in [0.5, 0.6) is 5.75 Å². The predicted octanol–water partition coefficient (Wildman–Crippen LogP) is 2.32. The van der Waals surface area contributed by atoms with Crippen LogP contribution in [0.1, 0.15) is 16.2 Å². The van der Waals surface area contributed by atoms with E-state index in [2.05, 4.69) is 20.0 Å². The molecule has 0 radical (unpaired) electrons. The average molecular weight is 273 g/mol. The zero-order chi connectivity index (χ0) is 14.5. The number of ether oxygens (including phenoxy) is 2. The normalized spacial score (nSPS) is 9.95. The number of hydrogen-bond donors (Lipinski definition) is 1. The molecule has 1 aromatic heterocycles. The van der Waals surface area contributed by atoms with E-state index in [0.717, 1.165) is 11.4 Å². The summed E-state index contributed by atoms with van der Waals surface area (Å²) >= 11 is 0. The number of anilines is 2. The number of benzene rings is 1. The van der Waals surface area contributed by atoms with Crippen molar-refractivity contribution < 1.29 is 14.3 Å². The maximum absolute atomic E-state index is 11.5. The van der Waals surface area contributed by atoms with Crippen molar-refractivity contribution in [3.63, 3.8) is 0 Å². The van der Waals surface area contributed by atoms with Gasteiger partial charge in [-0.25, -0.2) is 14.8 Å². The lowest BCUT2D eigenvalue weighted by Gasteiger charge is -2.08. The number of esters is 1. The molecule has 0 atom stereocenters. The molecular weight excluding hydrogens is 258 g/mol. The van der Waals surface area contributed by atoms with Crippen molar-refractivity contribution in [3.8, 4) is 5.75 Å². The summed E-state index contributed by atoms with van der Waals surface area (Å²) in [4.78, 5) is 19.8. The van der Waals surface area contributed by atoms with Gasteiger partial charge in [-0.3, -0.25) is 0 Å². The van der Waals surface area contributed by atoms with Gasteiger partial charge in [-0.05, 0) is 37.3 Å². The molecule has 0 spiro atoms. The monoisotopic (exact) mass is 273 g/mol. The van der Waals surface area contributed by atoms with E-state index in [1.165, 1.54) is 7.11 Å². The van der Waals surface area contributed by atoms with Crippen LogP contribution in [0.25, 0.3) is 0 Å². The predicted molar refractivity (Wildman–Crippen MR) is 74.4 cm³/mol. The van der Waals surface area contributed by atoms with Gasteiger partial charge in [0.1, 0.15) is 5.75 Å². The van der Waals surface area contributed by atoms with Crippen LogP contribution < -0.4 is 10.1 Å². The Labute approximate surface area is 116 Å². The molecule has 1 aromatic carbocycles. The second-order valence-electron chi connectivity index (χ2n) is 4.06. The topological polar surface area (TPSA) is 73.3 Å². The zero-order valence-electron chi connectivity index (χ0n) is 11.5. The number of carbonyl (C=O) groups is 1. The number of aryl methyl sites for hydroxylation is 1. The van der Waals surface area contributed by atoms with Crippen LogP contribution in [-0.2, 0) is 4.74 Å². The van der Waals surface area contributed by atoms with Crippen molar-refractivity contribution in [1.29, 1.82) is 0 Å². The van der Waals surface area contributed by atoms with Gasteiger partial charge >= 0.3 is 5.97 Å². The van der Waals surface area contributed by atoms with Crippen LogP contribution in [0.15, 0.2) is 30.3 Å². The fourth-order valence-electron chi connectivity index (χ4n) is 1.64. The molecule has 6 nitrogen and oxygen atoms in total. The molecule has 104 valence electrons. The Hall–Kier alpha value is -2.63. The van der Waals surface area contributed by atoms with E-state index in [1.807, 2.05) is 24.3 Å².